The van der Waals surface area contributed by atoms with Crippen molar-refractivity contribution in [3.8, 4) is 0 Å². The molecule has 1 aromatic carbocycles. The van der Waals surface area contributed by atoms with E-state index in [0.29, 0.717) is 57.2 Å². The van der Waals surface area contributed by atoms with Gasteiger partial charge in [-0.05, 0) is 74.0 Å². The lowest BCUT2D eigenvalue weighted by Gasteiger charge is -2.41. The molecule has 0 bridgehead atoms. The summed E-state index contributed by atoms with van der Waals surface area (Å²) in [5.74, 6) is 0.630. The van der Waals surface area contributed by atoms with Crippen LogP contribution in [-0.2, 0) is 16.0 Å². The Labute approximate surface area is 194 Å². The first-order valence-corrected chi connectivity index (χ1v) is 12.6. The highest BCUT2D eigenvalue weighted by Crippen LogP contribution is 2.39. The molecule has 4 aliphatic rings. The molecule has 1 aromatic rings. The van der Waals surface area contributed by atoms with Crippen LogP contribution in [0.15, 0.2) is 24.3 Å². The fourth-order valence-corrected chi connectivity index (χ4v) is 6.05. The summed E-state index contributed by atoms with van der Waals surface area (Å²) in [6.07, 6.45) is 9.22. The Bertz CT molecular complexity index is 902. The summed E-state index contributed by atoms with van der Waals surface area (Å²) < 4.78 is 13.5. The van der Waals surface area contributed by atoms with E-state index in [2.05, 4.69) is 5.32 Å². The average molecular weight is 456 g/mol. The molecule has 2 aliphatic heterocycles. The number of nitrogens with zero attached hydrogens (tertiary/aromatic N) is 2. The molecule has 0 aromatic heterocycles. The van der Waals surface area contributed by atoms with Gasteiger partial charge in [-0.2, -0.15) is 0 Å². The van der Waals surface area contributed by atoms with E-state index in [1.54, 1.807) is 12.1 Å². The largest absolute Gasteiger partial charge is 0.343 e. The monoisotopic (exact) mass is 455 g/mol. The van der Waals surface area contributed by atoms with Gasteiger partial charge in [0.25, 0.3) is 5.91 Å². The number of rotatable bonds is 7. The number of carbonyl (C=O) groups is 3. The zero-order chi connectivity index (χ0) is 23.0. The van der Waals surface area contributed by atoms with Crippen molar-refractivity contribution in [2.24, 2.45) is 17.8 Å². The van der Waals surface area contributed by atoms with Crippen molar-refractivity contribution in [3.63, 3.8) is 0 Å². The van der Waals surface area contributed by atoms with Gasteiger partial charge in [-0.1, -0.05) is 25.0 Å². The van der Waals surface area contributed by atoms with Crippen molar-refractivity contribution in [2.45, 2.75) is 69.7 Å². The summed E-state index contributed by atoms with van der Waals surface area (Å²) in [6, 6.07) is 5.88. The van der Waals surface area contributed by atoms with Crippen LogP contribution >= 0.6 is 0 Å². The summed E-state index contributed by atoms with van der Waals surface area (Å²) in [6.45, 7) is 1.72. The molecule has 2 heterocycles. The van der Waals surface area contributed by atoms with E-state index in [0.717, 1.165) is 31.2 Å². The first-order chi connectivity index (χ1) is 15.9. The summed E-state index contributed by atoms with van der Waals surface area (Å²) in [4.78, 5) is 42.8. The molecule has 1 N–H and O–H groups in total. The van der Waals surface area contributed by atoms with Crippen LogP contribution in [0, 0.1) is 23.6 Å². The minimum Gasteiger partial charge on any atom is -0.343 e. The minimum atomic E-state index is -1.02. The standard InChI is InChI=1S/C26H34FN3O3/c27-22-9-7-19(8-10-22)16-26(24(32)30(25(33)28-26)17-20-5-6-20)21-11-13-29(14-12-21)23(31)15-18-3-1-2-4-18/h7-10,18,20-21H,1-6,11-17H2,(H,28,33). The number of likely N-dealkylation sites (tertiary alicyclic amines) is 1. The van der Waals surface area contributed by atoms with Gasteiger partial charge in [-0.3, -0.25) is 14.5 Å². The van der Waals surface area contributed by atoms with Crippen LogP contribution in [0.25, 0.3) is 0 Å². The number of imide groups is 1. The van der Waals surface area contributed by atoms with Gasteiger partial charge in [-0.25, -0.2) is 9.18 Å². The Morgan fingerprint density at radius 2 is 1.64 bits per heavy atom. The highest BCUT2D eigenvalue weighted by Gasteiger charge is 2.56. The molecule has 1 unspecified atom stereocenters. The van der Waals surface area contributed by atoms with E-state index in [4.69, 9.17) is 0 Å². The third kappa shape index (κ3) is 4.64. The Morgan fingerprint density at radius 1 is 0.970 bits per heavy atom. The van der Waals surface area contributed by atoms with Crippen LogP contribution in [0.5, 0.6) is 0 Å². The minimum absolute atomic E-state index is 0.0567. The molecule has 1 atom stereocenters. The second kappa shape index (κ2) is 9.07. The zero-order valence-corrected chi connectivity index (χ0v) is 19.2. The van der Waals surface area contributed by atoms with E-state index < -0.39 is 5.54 Å². The molecule has 0 spiro atoms. The molecule has 178 valence electrons. The van der Waals surface area contributed by atoms with Gasteiger partial charge < -0.3 is 10.2 Å². The van der Waals surface area contributed by atoms with E-state index in [9.17, 15) is 18.8 Å². The van der Waals surface area contributed by atoms with Gasteiger partial charge in [-0.15, -0.1) is 0 Å². The summed E-state index contributed by atoms with van der Waals surface area (Å²) in [5.41, 5.74) is -0.192. The van der Waals surface area contributed by atoms with E-state index in [1.807, 2.05) is 4.90 Å². The quantitative estimate of drug-likeness (QED) is 0.635. The molecule has 2 aliphatic carbocycles. The number of halogens is 1. The van der Waals surface area contributed by atoms with Crippen molar-refractivity contribution in [1.29, 1.82) is 0 Å². The Balaban J connectivity index is 1.31. The van der Waals surface area contributed by atoms with Gasteiger partial charge in [0.05, 0.1) is 0 Å². The Kier molecular flexibility index (Phi) is 6.14. The van der Waals surface area contributed by atoms with Crippen LogP contribution in [0.4, 0.5) is 9.18 Å². The normalized spacial score (nSPS) is 26.8. The number of benzene rings is 1. The maximum absolute atomic E-state index is 13.7. The summed E-state index contributed by atoms with van der Waals surface area (Å²) in [5, 5.41) is 3.08. The SMILES string of the molecule is O=C(CC1CCCC1)N1CCC(C2(Cc3ccc(F)cc3)NC(=O)N(CC3CC3)C2=O)CC1. The second-order valence-corrected chi connectivity index (χ2v) is 10.6. The fraction of sp³-hybridized carbons (Fsp3) is 0.654. The van der Waals surface area contributed by atoms with Crippen molar-refractivity contribution in [1.82, 2.24) is 15.1 Å². The number of carbonyl (C=O) groups excluding carboxylic acids is 3. The molecule has 0 radical (unpaired) electrons. The predicted molar refractivity (Wildman–Crippen MR) is 122 cm³/mol. The Hall–Kier alpha value is -2.44. The number of amides is 4. The second-order valence-electron chi connectivity index (χ2n) is 10.6. The van der Waals surface area contributed by atoms with Gasteiger partial charge in [0.15, 0.2) is 0 Å². The summed E-state index contributed by atoms with van der Waals surface area (Å²) >= 11 is 0. The van der Waals surface area contributed by atoms with Crippen molar-refractivity contribution >= 4 is 17.8 Å². The number of urea groups is 1. The van der Waals surface area contributed by atoms with Crippen molar-refractivity contribution in [2.75, 3.05) is 19.6 Å². The molecule has 33 heavy (non-hydrogen) atoms. The lowest BCUT2D eigenvalue weighted by atomic mass is 9.73. The predicted octanol–water partition coefficient (Wildman–Crippen LogP) is 3.89. The van der Waals surface area contributed by atoms with Gasteiger partial charge >= 0.3 is 6.03 Å². The van der Waals surface area contributed by atoms with Gasteiger partial charge in [0.2, 0.25) is 5.91 Å². The van der Waals surface area contributed by atoms with Crippen LogP contribution in [-0.4, -0.2) is 52.8 Å². The smallest absolute Gasteiger partial charge is 0.325 e. The topological polar surface area (TPSA) is 69.7 Å². The van der Waals surface area contributed by atoms with Gasteiger partial charge in [0.1, 0.15) is 11.4 Å². The molecule has 4 fully saturated rings. The maximum atomic E-state index is 13.7. The molecular formula is C26H34FN3O3. The highest BCUT2D eigenvalue weighted by molar-refractivity contribution is 6.07. The van der Waals surface area contributed by atoms with Crippen molar-refractivity contribution in [3.05, 3.63) is 35.6 Å². The molecule has 7 heteroatoms. The zero-order valence-electron chi connectivity index (χ0n) is 19.2. The number of nitrogens with one attached hydrogen (secondary N) is 1. The summed E-state index contributed by atoms with van der Waals surface area (Å²) in [7, 11) is 0. The third-order valence-electron chi connectivity index (χ3n) is 8.22. The fourth-order valence-electron chi connectivity index (χ4n) is 6.05. The number of hydrogen-bond acceptors (Lipinski definition) is 3. The van der Waals surface area contributed by atoms with E-state index in [1.165, 1.54) is 29.9 Å². The van der Waals surface area contributed by atoms with Gasteiger partial charge in [0, 0.05) is 32.5 Å². The molecule has 4 amide bonds. The lowest BCUT2D eigenvalue weighted by Crippen LogP contribution is -2.58. The molecule has 5 rings (SSSR count). The van der Waals surface area contributed by atoms with Crippen LogP contribution < -0.4 is 5.32 Å². The average Bonchev–Trinajstić information content (AvgIpc) is 3.44. The first-order valence-electron chi connectivity index (χ1n) is 12.6. The maximum Gasteiger partial charge on any atom is 0.325 e. The molecular weight excluding hydrogens is 421 g/mol. The number of piperidine rings is 1. The first kappa shape index (κ1) is 22.4. The molecule has 2 saturated heterocycles. The lowest BCUT2D eigenvalue weighted by molar-refractivity contribution is -0.136. The van der Waals surface area contributed by atoms with Crippen LogP contribution in [0.1, 0.15) is 63.4 Å². The van der Waals surface area contributed by atoms with Crippen LogP contribution in [0.3, 0.4) is 0 Å². The Morgan fingerprint density at radius 3 is 2.27 bits per heavy atom. The van der Waals surface area contributed by atoms with Crippen LogP contribution in [0.2, 0.25) is 0 Å². The van der Waals surface area contributed by atoms with E-state index in [-0.39, 0.29) is 29.6 Å². The number of hydrogen-bond donors (Lipinski definition) is 1. The third-order valence-corrected chi connectivity index (χ3v) is 8.22. The van der Waals surface area contributed by atoms with Crippen molar-refractivity contribution < 1.29 is 18.8 Å². The molecule has 2 saturated carbocycles. The highest BCUT2D eigenvalue weighted by atomic mass is 19.1. The molecule has 6 nitrogen and oxygen atoms in total. The van der Waals surface area contributed by atoms with E-state index >= 15 is 0 Å².